The van der Waals surface area contributed by atoms with Gasteiger partial charge in [-0.25, -0.2) is 0 Å². The molecule has 0 bridgehead atoms. The fraction of sp³-hybridized carbons (Fsp3) is 0.300. The molecule has 27 heavy (non-hydrogen) atoms. The van der Waals surface area contributed by atoms with Crippen LogP contribution in [0.5, 0.6) is 0 Å². The van der Waals surface area contributed by atoms with Gasteiger partial charge in [0.1, 0.15) is 6.04 Å². The Morgan fingerprint density at radius 1 is 1.15 bits per heavy atom. The summed E-state index contributed by atoms with van der Waals surface area (Å²) in [6.07, 6.45) is 0.326. The fourth-order valence-corrected chi connectivity index (χ4v) is 3.87. The lowest BCUT2D eigenvalue weighted by molar-refractivity contribution is -0.140. The largest absolute Gasteiger partial charge is 0.357 e. The van der Waals surface area contributed by atoms with Crippen molar-refractivity contribution in [1.29, 1.82) is 0 Å². The fourth-order valence-electron chi connectivity index (χ4n) is 2.54. The van der Waals surface area contributed by atoms with E-state index in [9.17, 15) is 9.59 Å². The molecule has 1 atom stereocenters. The Morgan fingerprint density at radius 3 is 2.48 bits per heavy atom. The van der Waals surface area contributed by atoms with Gasteiger partial charge in [0.15, 0.2) is 0 Å². The molecule has 0 saturated heterocycles. The van der Waals surface area contributed by atoms with E-state index in [2.05, 4.69) is 5.32 Å². The monoisotopic (exact) mass is 424 g/mol. The first-order chi connectivity index (χ1) is 12.9. The highest BCUT2D eigenvalue weighted by atomic mass is 35.5. The predicted molar refractivity (Wildman–Crippen MR) is 112 cm³/mol. The van der Waals surface area contributed by atoms with Crippen molar-refractivity contribution < 1.29 is 9.59 Å². The zero-order valence-corrected chi connectivity index (χ0v) is 17.6. The third-order valence-corrected chi connectivity index (χ3v) is 5.70. The molecule has 4 nitrogen and oxygen atoms in total. The molecule has 0 aromatic heterocycles. The molecule has 1 N–H and O–H groups in total. The number of amides is 2. The Labute approximate surface area is 174 Å². The van der Waals surface area contributed by atoms with Crippen molar-refractivity contribution in [3.8, 4) is 0 Å². The number of nitrogens with zero attached hydrogens (tertiary/aromatic N) is 1. The number of rotatable bonds is 8. The molecule has 2 rings (SSSR count). The molecule has 2 aromatic carbocycles. The smallest absolute Gasteiger partial charge is 0.242 e. The molecule has 0 saturated carbocycles. The summed E-state index contributed by atoms with van der Waals surface area (Å²) in [5.41, 5.74) is 0.751. The summed E-state index contributed by atoms with van der Waals surface area (Å²) >= 11 is 13.8. The van der Waals surface area contributed by atoms with E-state index in [-0.39, 0.29) is 18.4 Å². The standard InChI is InChI=1S/C20H22Cl2N2O2S/c1-14(20(26)23-2)24(13-15-8-9-16(21)12-18(15)22)19(25)10-11-27-17-6-4-3-5-7-17/h3-9,12,14H,10-11,13H2,1-2H3,(H,23,26)/t14-/m0/s1. The molecule has 0 radical (unpaired) electrons. The Balaban J connectivity index is 2.08. The number of nitrogens with one attached hydrogen (secondary N) is 1. The van der Waals surface area contributed by atoms with Crippen molar-refractivity contribution in [2.75, 3.05) is 12.8 Å². The van der Waals surface area contributed by atoms with Crippen LogP contribution in [0.1, 0.15) is 18.9 Å². The Hall–Kier alpha value is -1.69. The van der Waals surface area contributed by atoms with Gasteiger partial charge in [-0.1, -0.05) is 47.5 Å². The Bertz CT molecular complexity index is 787. The highest BCUT2D eigenvalue weighted by molar-refractivity contribution is 7.99. The van der Waals surface area contributed by atoms with Gasteiger partial charge < -0.3 is 10.2 Å². The summed E-state index contributed by atoms with van der Waals surface area (Å²) in [6, 6.07) is 14.4. The molecular weight excluding hydrogens is 403 g/mol. The first kappa shape index (κ1) is 21.6. The highest BCUT2D eigenvalue weighted by Crippen LogP contribution is 2.24. The number of carbonyl (C=O) groups excluding carboxylic acids is 2. The van der Waals surface area contributed by atoms with Gasteiger partial charge in [-0.05, 0) is 36.8 Å². The lowest BCUT2D eigenvalue weighted by Crippen LogP contribution is -2.46. The van der Waals surface area contributed by atoms with Crippen molar-refractivity contribution in [2.45, 2.75) is 30.8 Å². The molecule has 0 spiro atoms. The van der Waals surface area contributed by atoms with Crippen molar-refractivity contribution in [1.82, 2.24) is 10.2 Å². The quantitative estimate of drug-likeness (QED) is 0.627. The van der Waals surface area contributed by atoms with Crippen LogP contribution < -0.4 is 5.32 Å². The van der Waals surface area contributed by atoms with Crippen LogP contribution in [0.3, 0.4) is 0 Å². The van der Waals surface area contributed by atoms with Crippen molar-refractivity contribution in [3.05, 3.63) is 64.1 Å². The highest BCUT2D eigenvalue weighted by Gasteiger charge is 2.25. The van der Waals surface area contributed by atoms with Crippen LogP contribution in [-0.2, 0) is 16.1 Å². The van der Waals surface area contributed by atoms with E-state index in [1.54, 1.807) is 48.8 Å². The topological polar surface area (TPSA) is 49.4 Å². The molecule has 0 unspecified atom stereocenters. The number of likely N-dealkylation sites (N-methyl/N-ethyl adjacent to an activating group) is 1. The molecule has 144 valence electrons. The molecule has 0 aliphatic carbocycles. The van der Waals surface area contributed by atoms with Crippen LogP contribution >= 0.6 is 35.0 Å². The zero-order chi connectivity index (χ0) is 19.8. The number of halogens is 2. The lowest BCUT2D eigenvalue weighted by atomic mass is 10.1. The molecule has 7 heteroatoms. The Morgan fingerprint density at radius 2 is 1.85 bits per heavy atom. The van der Waals surface area contributed by atoms with Crippen molar-refractivity contribution in [3.63, 3.8) is 0 Å². The first-order valence-corrected chi connectivity index (χ1v) is 10.3. The van der Waals surface area contributed by atoms with Crippen LogP contribution in [0.15, 0.2) is 53.4 Å². The number of hydrogen-bond donors (Lipinski definition) is 1. The minimum atomic E-state index is -0.601. The molecule has 2 amide bonds. The van der Waals surface area contributed by atoms with Gasteiger partial charge in [-0.2, -0.15) is 0 Å². The molecule has 0 heterocycles. The summed E-state index contributed by atoms with van der Waals surface area (Å²) in [6.45, 7) is 1.96. The summed E-state index contributed by atoms with van der Waals surface area (Å²) in [7, 11) is 1.56. The zero-order valence-electron chi connectivity index (χ0n) is 15.2. The van der Waals surface area contributed by atoms with E-state index < -0.39 is 6.04 Å². The van der Waals surface area contributed by atoms with E-state index in [0.29, 0.717) is 22.2 Å². The molecule has 2 aromatic rings. The first-order valence-electron chi connectivity index (χ1n) is 8.55. The van der Waals surface area contributed by atoms with Gasteiger partial charge in [-0.3, -0.25) is 9.59 Å². The van der Waals surface area contributed by atoms with Crippen molar-refractivity contribution >= 4 is 46.8 Å². The van der Waals surface area contributed by atoms with E-state index >= 15 is 0 Å². The number of hydrogen-bond acceptors (Lipinski definition) is 3. The maximum Gasteiger partial charge on any atom is 0.242 e. The molecule has 0 aliphatic rings. The SMILES string of the molecule is CNC(=O)[C@H](C)N(Cc1ccc(Cl)cc1Cl)C(=O)CCSc1ccccc1. The van der Waals surface area contributed by atoms with Gasteiger partial charge in [-0.15, -0.1) is 11.8 Å². The Kier molecular flexibility index (Phi) is 8.48. The third kappa shape index (κ3) is 6.45. The number of benzene rings is 2. The number of thioether (sulfide) groups is 1. The summed E-state index contributed by atoms with van der Waals surface area (Å²) < 4.78 is 0. The molecule has 0 aliphatic heterocycles. The van der Waals surface area contributed by atoms with E-state index in [0.717, 1.165) is 10.5 Å². The summed E-state index contributed by atoms with van der Waals surface area (Å²) in [5, 5.41) is 3.60. The maximum atomic E-state index is 12.8. The molecular formula is C20H22Cl2N2O2S. The second-order valence-corrected chi connectivity index (χ2v) is 7.97. The van der Waals surface area contributed by atoms with Crippen LogP contribution in [0.4, 0.5) is 0 Å². The summed E-state index contributed by atoms with van der Waals surface area (Å²) in [4.78, 5) is 27.6. The van der Waals surface area contributed by atoms with Crippen LogP contribution in [0, 0.1) is 0 Å². The van der Waals surface area contributed by atoms with E-state index in [1.165, 1.54) is 0 Å². The van der Waals surface area contributed by atoms with Crippen LogP contribution in [0.25, 0.3) is 0 Å². The van der Waals surface area contributed by atoms with E-state index in [4.69, 9.17) is 23.2 Å². The average molecular weight is 425 g/mol. The van der Waals surface area contributed by atoms with Crippen molar-refractivity contribution in [2.24, 2.45) is 0 Å². The van der Waals surface area contributed by atoms with Crippen LogP contribution in [0.2, 0.25) is 10.0 Å². The van der Waals surface area contributed by atoms with Crippen LogP contribution in [-0.4, -0.2) is 35.6 Å². The van der Waals surface area contributed by atoms with Gasteiger partial charge in [0, 0.05) is 40.7 Å². The minimum Gasteiger partial charge on any atom is -0.357 e. The normalized spacial score (nSPS) is 11.7. The van der Waals surface area contributed by atoms with Gasteiger partial charge >= 0.3 is 0 Å². The third-order valence-electron chi connectivity index (χ3n) is 4.10. The second kappa shape index (κ2) is 10.6. The maximum absolute atomic E-state index is 12.8. The minimum absolute atomic E-state index is 0.0967. The van der Waals surface area contributed by atoms with Gasteiger partial charge in [0.05, 0.1) is 0 Å². The predicted octanol–water partition coefficient (Wildman–Crippen LogP) is 4.64. The number of carbonyl (C=O) groups is 2. The van der Waals surface area contributed by atoms with E-state index in [1.807, 2.05) is 30.3 Å². The van der Waals surface area contributed by atoms with Gasteiger partial charge in [0.25, 0.3) is 0 Å². The summed E-state index contributed by atoms with van der Waals surface area (Å²) in [5.74, 6) is 0.318. The average Bonchev–Trinajstić information content (AvgIpc) is 2.67. The second-order valence-electron chi connectivity index (χ2n) is 5.96. The molecule has 0 fully saturated rings. The van der Waals surface area contributed by atoms with Gasteiger partial charge in [0.2, 0.25) is 11.8 Å². The lowest BCUT2D eigenvalue weighted by Gasteiger charge is -2.28.